The summed E-state index contributed by atoms with van der Waals surface area (Å²) in [5.41, 5.74) is 7.03. The van der Waals surface area contributed by atoms with Crippen molar-refractivity contribution < 1.29 is 14.7 Å². The molecule has 4 N–H and O–H groups in total. The summed E-state index contributed by atoms with van der Waals surface area (Å²) in [5, 5.41) is 11.8. The Labute approximate surface area is 104 Å². The fourth-order valence-corrected chi connectivity index (χ4v) is 1.94. The number of rotatable bonds is 4. The van der Waals surface area contributed by atoms with E-state index >= 15 is 0 Å². The molecule has 1 aliphatic rings. The van der Waals surface area contributed by atoms with Crippen molar-refractivity contribution in [3.8, 4) is 0 Å². The first kappa shape index (κ1) is 12.4. The van der Waals surface area contributed by atoms with Gasteiger partial charge in [-0.05, 0) is 31.2 Å². The number of carbonyl (C=O) groups is 2. The Hall–Kier alpha value is -2.08. The highest BCUT2D eigenvalue weighted by Crippen LogP contribution is 2.30. The maximum Gasteiger partial charge on any atom is 0.335 e. The fourth-order valence-electron chi connectivity index (χ4n) is 1.94. The molecule has 18 heavy (non-hydrogen) atoms. The molecular weight excluding hydrogens is 234 g/mol. The topological polar surface area (TPSA) is 95.7 Å². The molecule has 6 nitrogen and oxygen atoms in total. The van der Waals surface area contributed by atoms with Gasteiger partial charge in [-0.25, -0.2) is 4.79 Å². The minimum Gasteiger partial charge on any atom is -0.478 e. The Morgan fingerprint density at radius 3 is 2.94 bits per heavy atom. The number of fused-ring (bicyclic) bond motifs is 1. The van der Waals surface area contributed by atoms with Crippen LogP contribution >= 0.6 is 0 Å². The van der Waals surface area contributed by atoms with E-state index in [1.165, 1.54) is 6.07 Å². The quantitative estimate of drug-likeness (QED) is 0.721. The molecular formula is C12H15N3O3. The summed E-state index contributed by atoms with van der Waals surface area (Å²) in [7, 11) is 0. The Kier molecular flexibility index (Phi) is 3.47. The van der Waals surface area contributed by atoms with Gasteiger partial charge in [0.05, 0.1) is 23.5 Å². The smallest absolute Gasteiger partial charge is 0.335 e. The van der Waals surface area contributed by atoms with Gasteiger partial charge in [0.2, 0.25) is 5.91 Å². The molecule has 0 fully saturated rings. The number of carbonyl (C=O) groups excluding carboxylic acids is 1. The first-order valence-corrected chi connectivity index (χ1v) is 5.75. The lowest BCUT2D eigenvalue weighted by Crippen LogP contribution is -2.41. The van der Waals surface area contributed by atoms with Crippen LogP contribution in [-0.2, 0) is 4.79 Å². The number of amides is 1. The predicted octanol–water partition coefficient (Wildman–Crippen LogP) is 0.492. The van der Waals surface area contributed by atoms with Crippen molar-refractivity contribution in [2.24, 2.45) is 5.73 Å². The van der Waals surface area contributed by atoms with E-state index in [0.717, 1.165) is 0 Å². The Morgan fingerprint density at radius 1 is 1.50 bits per heavy atom. The molecule has 0 saturated carbocycles. The van der Waals surface area contributed by atoms with Gasteiger partial charge in [-0.15, -0.1) is 0 Å². The summed E-state index contributed by atoms with van der Waals surface area (Å²) in [6.45, 7) is 1.25. The molecule has 0 bridgehead atoms. The molecule has 96 valence electrons. The molecule has 2 rings (SSSR count). The van der Waals surface area contributed by atoms with Crippen molar-refractivity contribution in [3.63, 3.8) is 0 Å². The van der Waals surface area contributed by atoms with Gasteiger partial charge in [-0.3, -0.25) is 4.79 Å². The van der Waals surface area contributed by atoms with Crippen LogP contribution in [-0.4, -0.2) is 36.6 Å². The van der Waals surface area contributed by atoms with Gasteiger partial charge in [0, 0.05) is 6.54 Å². The van der Waals surface area contributed by atoms with Crippen LogP contribution in [0.5, 0.6) is 0 Å². The van der Waals surface area contributed by atoms with Gasteiger partial charge in [-0.1, -0.05) is 0 Å². The molecule has 1 heterocycles. The summed E-state index contributed by atoms with van der Waals surface area (Å²) in [5.74, 6) is -1.01. The summed E-state index contributed by atoms with van der Waals surface area (Å²) in [4.78, 5) is 24.3. The standard InChI is InChI=1S/C12H15N3O3/c13-4-1-5-15-10-3-2-8(12(17)18)6-9(10)14-7-11(15)16/h2-3,6,14H,1,4-5,7,13H2,(H,17,18). The van der Waals surface area contributed by atoms with Crippen molar-refractivity contribution >= 4 is 23.3 Å². The SMILES string of the molecule is NCCCN1C(=O)CNc2cc(C(=O)O)ccc21. The number of hydrogen-bond acceptors (Lipinski definition) is 4. The average molecular weight is 249 g/mol. The molecule has 1 aromatic carbocycles. The van der Waals surface area contributed by atoms with Crippen molar-refractivity contribution in [1.82, 2.24) is 0 Å². The van der Waals surface area contributed by atoms with Crippen LogP contribution in [0.4, 0.5) is 11.4 Å². The molecule has 0 atom stereocenters. The zero-order chi connectivity index (χ0) is 13.1. The number of aromatic carboxylic acids is 1. The largest absolute Gasteiger partial charge is 0.478 e. The van der Waals surface area contributed by atoms with E-state index in [4.69, 9.17) is 10.8 Å². The monoisotopic (exact) mass is 249 g/mol. The number of nitrogens with two attached hydrogens (primary N) is 1. The number of anilines is 2. The zero-order valence-corrected chi connectivity index (χ0v) is 9.85. The Morgan fingerprint density at radius 2 is 2.28 bits per heavy atom. The lowest BCUT2D eigenvalue weighted by Gasteiger charge is -2.30. The minimum atomic E-state index is -0.981. The van der Waals surface area contributed by atoms with Crippen LogP contribution in [0.2, 0.25) is 0 Å². The van der Waals surface area contributed by atoms with Crippen LogP contribution in [0.15, 0.2) is 18.2 Å². The number of hydrogen-bond donors (Lipinski definition) is 3. The van der Waals surface area contributed by atoms with E-state index < -0.39 is 5.97 Å². The normalized spacial score (nSPS) is 14.1. The predicted molar refractivity (Wildman–Crippen MR) is 67.9 cm³/mol. The highest BCUT2D eigenvalue weighted by Gasteiger charge is 2.24. The highest BCUT2D eigenvalue weighted by molar-refractivity contribution is 6.03. The summed E-state index contributed by atoms with van der Waals surface area (Å²) >= 11 is 0. The van der Waals surface area contributed by atoms with Crippen molar-refractivity contribution in [1.29, 1.82) is 0 Å². The summed E-state index contributed by atoms with van der Waals surface area (Å²) < 4.78 is 0. The van der Waals surface area contributed by atoms with Crippen LogP contribution in [0.25, 0.3) is 0 Å². The van der Waals surface area contributed by atoms with E-state index in [1.54, 1.807) is 17.0 Å². The zero-order valence-electron chi connectivity index (χ0n) is 9.85. The minimum absolute atomic E-state index is 0.0287. The lowest BCUT2D eigenvalue weighted by molar-refractivity contribution is -0.117. The number of nitrogens with zero attached hydrogens (tertiary/aromatic N) is 1. The van der Waals surface area contributed by atoms with E-state index in [1.807, 2.05) is 0 Å². The van der Waals surface area contributed by atoms with E-state index in [0.29, 0.717) is 30.9 Å². The van der Waals surface area contributed by atoms with Crippen LogP contribution < -0.4 is 16.0 Å². The number of carboxylic acids is 1. The first-order chi connectivity index (χ1) is 8.63. The Balaban J connectivity index is 2.32. The summed E-state index contributed by atoms with van der Waals surface area (Å²) in [6.07, 6.45) is 0.714. The molecule has 0 aromatic heterocycles. The van der Waals surface area contributed by atoms with Crippen LogP contribution in [0, 0.1) is 0 Å². The van der Waals surface area contributed by atoms with E-state index in [2.05, 4.69) is 5.32 Å². The molecule has 6 heteroatoms. The van der Waals surface area contributed by atoms with Crippen molar-refractivity contribution in [3.05, 3.63) is 23.8 Å². The van der Waals surface area contributed by atoms with Gasteiger partial charge in [-0.2, -0.15) is 0 Å². The molecule has 1 aliphatic heterocycles. The lowest BCUT2D eigenvalue weighted by atomic mass is 10.1. The van der Waals surface area contributed by atoms with Gasteiger partial charge >= 0.3 is 5.97 Å². The second kappa shape index (κ2) is 5.05. The molecule has 0 spiro atoms. The first-order valence-electron chi connectivity index (χ1n) is 5.75. The molecule has 0 radical (unpaired) electrons. The third kappa shape index (κ3) is 2.28. The van der Waals surface area contributed by atoms with E-state index in [-0.39, 0.29) is 18.0 Å². The van der Waals surface area contributed by atoms with Gasteiger partial charge in [0.25, 0.3) is 0 Å². The Bertz CT molecular complexity index is 487. The van der Waals surface area contributed by atoms with Crippen LogP contribution in [0.1, 0.15) is 16.8 Å². The second-order valence-electron chi connectivity index (χ2n) is 4.08. The van der Waals surface area contributed by atoms with Crippen LogP contribution in [0.3, 0.4) is 0 Å². The fraction of sp³-hybridized carbons (Fsp3) is 0.333. The number of benzene rings is 1. The molecule has 0 saturated heterocycles. The van der Waals surface area contributed by atoms with Gasteiger partial charge in [0.1, 0.15) is 0 Å². The number of nitrogens with one attached hydrogen (secondary N) is 1. The van der Waals surface area contributed by atoms with Gasteiger partial charge in [0.15, 0.2) is 0 Å². The van der Waals surface area contributed by atoms with Crippen molar-refractivity contribution in [2.75, 3.05) is 29.9 Å². The average Bonchev–Trinajstić information content (AvgIpc) is 2.37. The van der Waals surface area contributed by atoms with Gasteiger partial charge < -0.3 is 21.1 Å². The molecule has 1 aromatic rings. The molecule has 1 amide bonds. The third-order valence-corrected chi connectivity index (χ3v) is 2.85. The maximum absolute atomic E-state index is 11.8. The summed E-state index contributed by atoms with van der Waals surface area (Å²) in [6, 6.07) is 4.69. The third-order valence-electron chi connectivity index (χ3n) is 2.85. The van der Waals surface area contributed by atoms with E-state index in [9.17, 15) is 9.59 Å². The second-order valence-corrected chi connectivity index (χ2v) is 4.08. The van der Waals surface area contributed by atoms with Crippen molar-refractivity contribution in [2.45, 2.75) is 6.42 Å². The number of carboxylic acid groups (broad SMARTS) is 1. The molecule has 0 unspecified atom stereocenters. The highest BCUT2D eigenvalue weighted by atomic mass is 16.4. The molecule has 0 aliphatic carbocycles. The maximum atomic E-state index is 11.8.